The smallest absolute Gasteiger partial charge is 0.212 e. The second-order valence-corrected chi connectivity index (χ2v) is 5.00. The first-order valence-electron chi connectivity index (χ1n) is 6.37. The van der Waals surface area contributed by atoms with E-state index in [9.17, 15) is 4.39 Å². The van der Waals surface area contributed by atoms with Crippen LogP contribution >= 0.6 is 0 Å². The Morgan fingerprint density at radius 3 is 3.12 bits per heavy atom. The van der Waals surface area contributed by atoms with E-state index in [4.69, 9.17) is 0 Å². The molecule has 3 heteroatoms. The summed E-state index contributed by atoms with van der Waals surface area (Å²) in [7, 11) is 0. The third-order valence-electron chi connectivity index (χ3n) is 3.93. The van der Waals surface area contributed by atoms with Gasteiger partial charge in [-0.15, -0.1) is 0 Å². The van der Waals surface area contributed by atoms with E-state index in [1.54, 1.807) is 6.20 Å². The lowest BCUT2D eigenvalue weighted by Crippen LogP contribution is -2.42. The molecule has 0 spiro atoms. The highest BCUT2D eigenvalue weighted by Crippen LogP contribution is 2.34. The highest BCUT2D eigenvalue weighted by molar-refractivity contribution is 5.66. The minimum absolute atomic E-state index is 0.404. The van der Waals surface area contributed by atoms with Crippen LogP contribution in [0.1, 0.15) is 31.2 Å². The summed E-state index contributed by atoms with van der Waals surface area (Å²) in [5.74, 6) is 0.389. The van der Waals surface area contributed by atoms with Gasteiger partial charge in [0, 0.05) is 12.2 Å². The van der Waals surface area contributed by atoms with Gasteiger partial charge in [0.15, 0.2) is 0 Å². The fraction of sp³-hybridized carbons (Fsp3) is 0.500. The molecule has 0 aromatic carbocycles. The molecule has 1 fully saturated rings. The molecule has 0 amide bonds. The van der Waals surface area contributed by atoms with Crippen LogP contribution in [0.15, 0.2) is 24.4 Å². The molecule has 1 N–H and O–H groups in total. The van der Waals surface area contributed by atoms with Crippen LogP contribution in [-0.2, 0) is 0 Å². The second kappa shape index (κ2) is 4.57. The Morgan fingerprint density at radius 1 is 1.35 bits per heavy atom. The Hall–Kier alpha value is -1.22. The number of rotatable bonds is 1. The van der Waals surface area contributed by atoms with Gasteiger partial charge in [-0.05, 0) is 61.4 Å². The zero-order valence-corrected chi connectivity index (χ0v) is 9.82. The van der Waals surface area contributed by atoms with Crippen molar-refractivity contribution < 1.29 is 4.39 Å². The number of nitrogens with one attached hydrogen (secondary N) is 1. The highest BCUT2D eigenvalue weighted by Gasteiger charge is 2.28. The van der Waals surface area contributed by atoms with Crippen LogP contribution < -0.4 is 5.32 Å². The van der Waals surface area contributed by atoms with Gasteiger partial charge >= 0.3 is 0 Å². The van der Waals surface area contributed by atoms with Gasteiger partial charge in [-0.2, -0.15) is 4.39 Å². The summed E-state index contributed by atoms with van der Waals surface area (Å²) >= 11 is 0. The van der Waals surface area contributed by atoms with Crippen molar-refractivity contribution in [3.05, 3.63) is 35.9 Å². The fourth-order valence-electron chi connectivity index (χ4n) is 2.96. The first-order chi connectivity index (χ1) is 8.33. The average molecular weight is 232 g/mol. The lowest BCUT2D eigenvalue weighted by atomic mass is 9.78. The summed E-state index contributed by atoms with van der Waals surface area (Å²) in [6.07, 6.45) is 8.78. The van der Waals surface area contributed by atoms with Crippen LogP contribution in [0.3, 0.4) is 0 Å². The number of hydrogen-bond donors (Lipinski definition) is 1. The molecule has 1 aliphatic heterocycles. The number of allylic oxidation sites excluding steroid dienone is 1. The quantitative estimate of drug-likeness (QED) is 0.753. The van der Waals surface area contributed by atoms with Gasteiger partial charge in [-0.25, -0.2) is 4.98 Å². The Balaban J connectivity index is 1.80. The molecule has 1 aliphatic carbocycles. The third-order valence-corrected chi connectivity index (χ3v) is 3.93. The maximum Gasteiger partial charge on any atom is 0.212 e. The Morgan fingerprint density at radius 2 is 2.29 bits per heavy atom. The molecule has 1 aromatic heterocycles. The first-order valence-corrected chi connectivity index (χ1v) is 6.37. The van der Waals surface area contributed by atoms with E-state index < -0.39 is 5.95 Å². The predicted molar refractivity (Wildman–Crippen MR) is 65.9 cm³/mol. The molecule has 0 saturated carbocycles. The molecule has 0 bridgehead atoms. The Bertz CT molecular complexity index is 424. The van der Waals surface area contributed by atoms with Crippen LogP contribution in [0.2, 0.25) is 0 Å². The van der Waals surface area contributed by atoms with Gasteiger partial charge in [-0.3, -0.25) is 0 Å². The van der Waals surface area contributed by atoms with Gasteiger partial charge in [0.2, 0.25) is 5.95 Å². The number of pyridine rings is 1. The summed E-state index contributed by atoms with van der Waals surface area (Å²) in [5, 5.41) is 3.60. The standard InChI is InChI=1S/C14H17FN2/c15-14-6-5-12(9-17-14)11-4-3-10-2-1-7-16-13(10)8-11/h4-6,9-10,13,16H,1-3,7-8H2/t10-,13+/m0/s1. The summed E-state index contributed by atoms with van der Waals surface area (Å²) < 4.78 is 12.8. The van der Waals surface area contributed by atoms with E-state index in [0.29, 0.717) is 6.04 Å². The van der Waals surface area contributed by atoms with Crippen molar-refractivity contribution in [3.63, 3.8) is 0 Å². The van der Waals surface area contributed by atoms with E-state index in [2.05, 4.69) is 16.4 Å². The van der Waals surface area contributed by atoms with Crippen molar-refractivity contribution in [2.45, 2.75) is 31.7 Å². The van der Waals surface area contributed by atoms with Crippen LogP contribution in [0.25, 0.3) is 5.57 Å². The molecule has 1 saturated heterocycles. The zero-order valence-electron chi connectivity index (χ0n) is 9.82. The van der Waals surface area contributed by atoms with Gasteiger partial charge in [0.1, 0.15) is 0 Å². The minimum Gasteiger partial charge on any atom is -0.313 e. The van der Waals surface area contributed by atoms with E-state index in [1.165, 1.54) is 24.5 Å². The summed E-state index contributed by atoms with van der Waals surface area (Å²) in [6, 6.07) is 3.88. The molecule has 2 aliphatic rings. The normalized spacial score (nSPS) is 28.4. The van der Waals surface area contributed by atoms with E-state index in [-0.39, 0.29) is 0 Å². The van der Waals surface area contributed by atoms with Crippen molar-refractivity contribution in [1.29, 1.82) is 0 Å². The van der Waals surface area contributed by atoms with Gasteiger partial charge in [0.05, 0.1) is 0 Å². The third kappa shape index (κ3) is 2.25. The highest BCUT2D eigenvalue weighted by atomic mass is 19.1. The molecule has 2 atom stereocenters. The largest absolute Gasteiger partial charge is 0.313 e. The number of hydrogen-bond acceptors (Lipinski definition) is 2. The molecule has 17 heavy (non-hydrogen) atoms. The summed E-state index contributed by atoms with van der Waals surface area (Å²) in [4.78, 5) is 3.73. The number of fused-ring (bicyclic) bond motifs is 1. The lowest BCUT2D eigenvalue weighted by Gasteiger charge is -2.36. The molecular formula is C14H17FN2. The predicted octanol–water partition coefficient (Wildman–Crippen LogP) is 2.77. The Labute approximate surface area is 101 Å². The van der Waals surface area contributed by atoms with Crippen molar-refractivity contribution in [2.24, 2.45) is 5.92 Å². The molecule has 90 valence electrons. The van der Waals surface area contributed by atoms with E-state index in [0.717, 1.165) is 30.9 Å². The number of piperidine rings is 1. The second-order valence-electron chi connectivity index (χ2n) is 5.00. The lowest BCUT2D eigenvalue weighted by molar-refractivity contribution is 0.278. The van der Waals surface area contributed by atoms with Crippen LogP contribution in [0, 0.1) is 11.9 Å². The minimum atomic E-state index is -0.404. The Kier molecular flexibility index (Phi) is 2.93. The number of halogens is 1. The van der Waals surface area contributed by atoms with Gasteiger partial charge < -0.3 is 5.32 Å². The molecule has 2 heterocycles. The maximum absolute atomic E-state index is 12.8. The first kappa shape index (κ1) is 10.9. The van der Waals surface area contributed by atoms with Crippen LogP contribution in [0.4, 0.5) is 4.39 Å². The molecule has 0 radical (unpaired) electrons. The fourth-order valence-corrected chi connectivity index (χ4v) is 2.96. The van der Waals surface area contributed by atoms with Crippen molar-refractivity contribution in [1.82, 2.24) is 10.3 Å². The van der Waals surface area contributed by atoms with Crippen LogP contribution in [-0.4, -0.2) is 17.6 Å². The van der Waals surface area contributed by atoms with E-state index >= 15 is 0 Å². The monoisotopic (exact) mass is 232 g/mol. The molecule has 1 aromatic rings. The molecule has 0 unspecified atom stereocenters. The van der Waals surface area contributed by atoms with Crippen molar-refractivity contribution in [2.75, 3.05) is 6.54 Å². The van der Waals surface area contributed by atoms with Crippen LogP contribution in [0.5, 0.6) is 0 Å². The van der Waals surface area contributed by atoms with Crippen molar-refractivity contribution >= 4 is 5.57 Å². The summed E-state index contributed by atoms with van der Waals surface area (Å²) in [5.41, 5.74) is 2.38. The molecule has 2 nitrogen and oxygen atoms in total. The van der Waals surface area contributed by atoms with Gasteiger partial charge in [-0.1, -0.05) is 6.08 Å². The zero-order chi connectivity index (χ0) is 11.7. The van der Waals surface area contributed by atoms with E-state index in [1.807, 2.05) is 6.07 Å². The topological polar surface area (TPSA) is 24.9 Å². The SMILES string of the molecule is Fc1ccc(C2=CC[C@@H]3CCCN[C@@H]3C2)cn1. The summed E-state index contributed by atoms with van der Waals surface area (Å²) in [6.45, 7) is 1.14. The maximum atomic E-state index is 12.8. The number of aromatic nitrogens is 1. The van der Waals surface area contributed by atoms with Gasteiger partial charge in [0.25, 0.3) is 0 Å². The molecular weight excluding hydrogens is 215 g/mol. The average Bonchev–Trinajstić information content (AvgIpc) is 2.39. The van der Waals surface area contributed by atoms with Crippen molar-refractivity contribution in [3.8, 4) is 0 Å². The number of nitrogens with zero attached hydrogens (tertiary/aromatic N) is 1. The molecule has 3 rings (SSSR count).